The number of ether oxygens (including phenoxy) is 1. The third-order valence-electron chi connectivity index (χ3n) is 6.01. The molecule has 174 valence electrons. The number of fused-ring (bicyclic) bond motifs is 2. The van der Waals surface area contributed by atoms with E-state index >= 15 is 0 Å². The van der Waals surface area contributed by atoms with Gasteiger partial charge in [0.25, 0.3) is 0 Å². The highest BCUT2D eigenvalue weighted by atomic mass is 79.9. The molecule has 3 aromatic rings. The summed E-state index contributed by atoms with van der Waals surface area (Å²) in [7, 11) is 0. The third-order valence-corrected chi connectivity index (χ3v) is 6.50. The first-order valence-corrected chi connectivity index (χ1v) is 12.3. The Morgan fingerprint density at radius 3 is 2.79 bits per heavy atom. The van der Waals surface area contributed by atoms with Crippen LogP contribution in [0.4, 0.5) is 11.6 Å². The second kappa shape index (κ2) is 9.36. The largest absolute Gasteiger partial charge is 0.379 e. The Morgan fingerprint density at radius 1 is 1.21 bits per heavy atom. The minimum absolute atomic E-state index is 0.0781. The van der Waals surface area contributed by atoms with Crippen LogP contribution in [0.2, 0.25) is 0 Å². The first kappa shape index (κ1) is 22.2. The number of nitrogens with zero attached hydrogens (tertiary/aromatic N) is 6. The number of nitrogens with one attached hydrogen (secondary N) is 1. The van der Waals surface area contributed by atoms with Gasteiger partial charge in [0.05, 0.1) is 24.3 Å². The summed E-state index contributed by atoms with van der Waals surface area (Å²) in [4.78, 5) is 23.1. The maximum Gasteiger partial charge on any atom is 0.242 e. The van der Waals surface area contributed by atoms with Crippen LogP contribution in [0.1, 0.15) is 43.9 Å². The summed E-state index contributed by atoms with van der Waals surface area (Å²) in [6, 6.07) is 5.85. The van der Waals surface area contributed by atoms with Gasteiger partial charge in [0.15, 0.2) is 5.65 Å². The average molecular weight is 514 g/mol. The average Bonchev–Trinajstić information content (AvgIpc) is 3.37. The molecule has 2 aromatic heterocycles. The van der Waals surface area contributed by atoms with Crippen molar-refractivity contribution in [1.82, 2.24) is 24.8 Å². The van der Waals surface area contributed by atoms with Crippen molar-refractivity contribution in [2.75, 3.05) is 43.2 Å². The van der Waals surface area contributed by atoms with Crippen LogP contribution in [0.5, 0.6) is 0 Å². The van der Waals surface area contributed by atoms with Crippen LogP contribution in [0.25, 0.3) is 11.0 Å². The van der Waals surface area contributed by atoms with Gasteiger partial charge in [0.1, 0.15) is 5.92 Å². The van der Waals surface area contributed by atoms with Gasteiger partial charge >= 0.3 is 0 Å². The number of morpholine rings is 1. The van der Waals surface area contributed by atoms with Crippen LogP contribution >= 0.6 is 15.9 Å². The van der Waals surface area contributed by atoms with Gasteiger partial charge in [-0.2, -0.15) is 10.1 Å². The molecule has 2 aliphatic rings. The number of amides is 1. The zero-order chi connectivity index (χ0) is 22.9. The predicted molar refractivity (Wildman–Crippen MR) is 130 cm³/mol. The second-order valence-corrected chi connectivity index (χ2v) is 9.30. The quantitative estimate of drug-likeness (QED) is 0.516. The highest BCUT2D eigenvalue weighted by molar-refractivity contribution is 9.10. The highest BCUT2D eigenvalue weighted by Crippen LogP contribution is 2.40. The molecule has 0 radical (unpaired) electrons. The second-order valence-electron chi connectivity index (χ2n) is 8.38. The summed E-state index contributed by atoms with van der Waals surface area (Å²) in [6.07, 6.45) is 3.87. The van der Waals surface area contributed by atoms with Crippen molar-refractivity contribution in [3.63, 3.8) is 0 Å². The maximum absolute atomic E-state index is 13.2. The van der Waals surface area contributed by atoms with E-state index in [1.807, 2.05) is 29.1 Å². The number of hydrogen-bond donors (Lipinski definition) is 1. The Bertz CT molecular complexity index is 1180. The van der Waals surface area contributed by atoms with E-state index in [4.69, 9.17) is 19.8 Å². The molecule has 1 amide bonds. The Labute approximate surface area is 201 Å². The van der Waals surface area contributed by atoms with Crippen LogP contribution in [0.3, 0.4) is 0 Å². The predicted octanol–water partition coefficient (Wildman–Crippen LogP) is 3.55. The molecule has 0 spiro atoms. The summed E-state index contributed by atoms with van der Waals surface area (Å²) >= 11 is 3.55. The lowest BCUT2D eigenvalue weighted by Gasteiger charge is -2.37. The molecule has 33 heavy (non-hydrogen) atoms. The number of aryl methyl sites for hydroxylation is 1. The number of hydrogen-bond acceptors (Lipinski definition) is 7. The molecular formula is C23H28BrN7O2. The number of aromatic nitrogens is 4. The molecule has 5 rings (SSSR count). The van der Waals surface area contributed by atoms with Gasteiger partial charge in [-0.3, -0.25) is 14.5 Å². The fourth-order valence-electron chi connectivity index (χ4n) is 4.52. The summed E-state index contributed by atoms with van der Waals surface area (Å²) in [5, 5.41) is 12.9. The first-order chi connectivity index (χ1) is 16.1. The third kappa shape index (κ3) is 4.22. The minimum Gasteiger partial charge on any atom is -0.379 e. The van der Waals surface area contributed by atoms with Gasteiger partial charge in [0, 0.05) is 42.5 Å². The number of anilines is 2. The standard InChI is InChI=1S/C23H28BrN7O2/c1-3-7-29-14-17-20(19-16-13-15(24)5-6-18(16)25-22(19)32)26-23(27-21(17)28-29)31(8-4-2)30-9-11-33-12-10-30/h5-6,13-14,19H,3-4,7-12H2,1-2H3,(H,25,32). The van der Waals surface area contributed by atoms with Crippen molar-refractivity contribution in [1.29, 1.82) is 0 Å². The SMILES string of the molecule is CCCN(c1nc(C2C(=O)Nc3ccc(Br)cc32)c2cn(CCC)nc2n1)N1CCOCC1. The number of rotatable bonds is 7. The zero-order valence-corrected chi connectivity index (χ0v) is 20.5. The summed E-state index contributed by atoms with van der Waals surface area (Å²) in [6.45, 7) is 8.72. The number of carbonyl (C=O) groups excluding carboxylic acids is 1. The van der Waals surface area contributed by atoms with Gasteiger partial charge in [-0.05, 0) is 36.6 Å². The molecule has 0 bridgehead atoms. The topological polar surface area (TPSA) is 88.4 Å². The van der Waals surface area contributed by atoms with Gasteiger partial charge in [0.2, 0.25) is 11.9 Å². The van der Waals surface area contributed by atoms with Crippen molar-refractivity contribution in [2.45, 2.75) is 39.2 Å². The number of halogens is 1. The van der Waals surface area contributed by atoms with Crippen LogP contribution in [-0.2, 0) is 16.1 Å². The number of carbonyl (C=O) groups is 1. The van der Waals surface area contributed by atoms with E-state index in [1.54, 1.807) is 0 Å². The molecule has 9 nitrogen and oxygen atoms in total. The summed E-state index contributed by atoms with van der Waals surface area (Å²) in [5.74, 6) is -0.0147. The lowest BCUT2D eigenvalue weighted by Crippen LogP contribution is -2.50. The molecule has 10 heteroatoms. The van der Waals surface area contributed by atoms with Crippen LogP contribution < -0.4 is 10.3 Å². The highest BCUT2D eigenvalue weighted by Gasteiger charge is 2.36. The number of hydrazine groups is 1. The van der Waals surface area contributed by atoms with E-state index in [0.717, 1.165) is 60.1 Å². The van der Waals surface area contributed by atoms with Gasteiger partial charge < -0.3 is 10.1 Å². The van der Waals surface area contributed by atoms with E-state index < -0.39 is 5.92 Å². The first-order valence-electron chi connectivity index (χ1n) is 11.5. The molecule has 1 aromatic carbocycles. The van der Waals surface area contributed by atoms with Gasteiger partial charge in [-0.25, -0.2) is 9.99 Å². The maximum atomic E-state index is 13.2. The molecule has 1 N–H and O–H groups in total. The fraction of sp³-hybridized carbons (Fsp3) is 0.478. The smallest absolute Gasteiger partial charge is 0.242 e. The van der Waals surface area contributed by atoms with Crippen LogP contribution in [-0.4, -0.2) is 63.5 Å². The summed E-state index contributed by atoms with van der Waals surface area (Å²) < 4.78 is 8.38. The lowest BCUT2D eigenvalue weighted by atomic mass is 9.95. The van der Waals surface area contributed by atoms with Crippen LogP contribution in [0, 0.1) is 0 Å². The Kier molecular flexibility index (Phi) is 6.31. The van der Waals surface area contributed by atoms with Crippen molar-refractivity contribution in [2.24, 2.45) is 0 Å². The van der Waals surface area contributed by atoms with Crippen molar-refractivity contribution in [3.05, 3.63) is 40.1 Å². The van der Waals surface area contributed by atoms with Gasteiger partial charge in [-0.15, -0.1) is 0 Å². The molecule has 0 aliphatic carbocycles. The lowest BCUT2D eigenvalue weighted by molar-refractivity contribution is -0.116. The molecular weight excluding hydrogens is 486 g/mol. The Balaban J connectivity index is 1.67. The normalized spacial score (nSPS) is 18.5. The van der Waals surface area contributed by atoms with E-state index in [9.17, 15) is 4.79 Å². The Hall–Kier alpha value is -2.56. The molecule has 1 saturated heterocycles. The van der Waals surface area contributed by atoms with E-state index in [1.165, 1.54) is 0 Å². The monoisotopic (exact) mass is 513 g/mol. The van der Waals surface area contributed by atoms with Crippen molar-refractivity contribution < 1.29 is 9.53 Å². The molecule has 1 unspecified atom stereocenters. The minimum atomic E-state index is -0.519. The molecule has 1 fully saturated rings. The number of benzene rings is 1. The van der Waals surface area contributed by atoms with E-state index in [2.05, 4.69) is 45.1 Å². The summed E-state index contributed by atoms with van der Waals surface area (Å²) in [5.41, 5.74) is 3.05. The van der Waals surface area contributed by atoms with Gasteiger partial charge in [-0.1, -0.05) is 29.8 Å². The fourth-order valence-corrected chi connectivity index (χ4v) is 4.90. The zero-order valence-electron chi connectivity index (χ0n) is 18.9. The van der Waals surface area contributed by atoms with Crippen molar-refractivity contribution in [3.8, 4) is 0 Å². The van der Waals surface area contributed by atoms with Crippen LogP contribution in [0.15, 0.2) is 28.9 Å². The molecule has 1 atom stereocenters. The van der Waals surface area contributed by atoms with E-state index in [0.29, 0.717) is 30.5 Å². The Morgan fingerprint density at radius 2 is 2.03 bits per heavy atom. The molecule has 2 aliphatic heterocycles. The van der Waals surface area contributed by atoms with Crippen molar-refractivity contribution >= 4 is 44.5 Å². The molecule has 0 saturated carbocycles. The molecule has 4 heterocycles. The van der Waals surface area contributed by atoms with E-state index in [-0.39, 0.29) is 5.91 Å².